The van der Waals surface area contributed by atoms with Crippen LogP contribution in [0.1, 0.15) is 11.9 Å². The molecule has 0 radical (unpaired) electrons. The van der Waals surface area contributed by atoms with Crippen molar-refractivity contribution in [2.45, 2.75) is 24.5 Å². The molecule has 28 heavy (non-hydrogen) atoms. The maximum Gasteiger partial charge on any atom is 0.333 e. The molecule has 1 aliphatic rings. The molecule has 14 heteroatoms. The van der Waals surface area contributed by atoms with Gasteiger partial charge in [-0.05, 0) is 5.92 Å². The summed E-state index contributed by atoms with van der Waals surface area (Å²) in [5, 5.41) is 29.9. The highest BCUT2D eigenvalue weighted by Gasteiger charge is 2.45. The predicted molar refractivity (Wildman–Crippen MR) is 93.5 cm³/mol. The first-order valence-electron chi connectivity index (χ1n) is 7.88. The van der Waals surface area contributed by atoms with Crippen molar-refractivity contribution in [1.82, 2.24) is 19.7 Å². The van der Waals surface area contributed by atoms with Gasteiger partial charge in [-0.25, -0.2) is 19.8 Å². The maximum atomic E-state index is 11.0. The summed E-state index contributed by atoms with van der Waals surface area (Å²) in [4.78, 5) is 8.00. The van der Waals surface area contributed by atoms with Crippen LogP contribution in [0.2, 0.25) is 0 Å². The van der Waals surface area contributed by atoms with E-state index in [1.807, 2.05) is 0 Å². The van der Waals surface area contributed by atoms with Crippen molar-refractivity contribution in [2.24, 2.45) is 5.14 Å². The number of ether oxygens (including phenoxy) is 2. The molecule has 2 aromatic rings. The topological polar surface area (TPSA) is 198 Å². The Hall–Kier alpha value is -2.38. The fourth-order valence-electron chi connectivity index (χ4n) is 2.68. The summed E-state index contributed by atoms with van der Waals surface area (Å²) in [6.07, 6.45) is -4.12. The van der Waals surface area contributed by atoms with Crippen LogP contribution in [-0.4, -0.2) is 77.0 Å². The van der Waals surface area contributed by atoms with E-state index < -0.39 is 41.5 Å². The Bertz CT molecular complexity index is 1030. The molecule has 4 atom stereocenters. The molecule has 13 nitrogen and oxygen atoms in total. The Labute approximate surface area is 159 Å². The van der Waals surface area contributed by atoms with Crippen LogP contribution in [0, 0.1) is 11.8 Å². The van der Waals surface area contributed by atoms with Gasteiger partial charge in [-0.3, -0.25) is 4.18 Å². The summed E-state index contributed by atoms with van der Waals surface area (Å²) < 4.78 is 37.9. The van der Waals surface area contributed by atoms with Gasteiger partial charge >= 0.3 is 10.3 Å². The van der Waals surface area contributed by atoms with Crippen LogP contribution in [0.4, 0.5) is 5.82 Å². The minimum Gasteiger partial charge on any atom is -0.387 e. The number of nitrogen functional groups attached to an aromatic ring is 1. The molecule has 0 saturated carbocycles. The van der Waals surface area contributed by atoms with Gasteiger partial charge in [0, 0.05) is 7.11 Å². The SMILES string of the molecule is COCC#Cc1nn([C@@H]2O[C@H](COS(N)(=O)=O)[C@@H](O)[C@H]2O)c2ncnc(N)c12. The van der Waals surface area contributed by atoms with Gasteiger partial charge in [0.1, 0.15) is 42.8 Å². The molecule has 0 amide bonds. The Morgan fingerprint density at radius 2 is 2.11 bits per heavy atom. The van der Waals surface area contributed by atoms with Crippen molar-refractivity contribution in [3.05, 3.63) is 12.0 Å². The summed E-state index contributed by atoms with van der Waals surface area (Å²) in [7, 11) is -2.76. The van der Waals surface area contributed by atoms with E-state index in [4.69, 9.17) is 20.3 Å². The van der Waals surface area contributed by atoms with E-state index in [1.54, 1.807) is 0 Å². The molecule has 2 aromatic heterocycles. The molecule has 0 unspecified atom stereocenters. The third-order valence-corrected chi connectivity index (χ3v) is 4.38. The number of aliphatic hydroxyl groups is 2. The number of nitrogens with zero attached hydrogens (tertiary/aromatic N) is 4. The molecule has 0 aromatic carbocycles. The van der Waals surface area contributed by atoms with Crippen LogP contribution in [0.5, 0.6) is 0 Å². The highest BCUT2D eigenvalue weighted by atomic mass is 32.2. The summed E-state index contributed by atoms with van der Waals surface area (Å²) in [5.74, 6) is 5.61. The Morgan fingerprint density at radius 1 is 1.36 bits per heavy atom. The van der Waals surface area contributed by atoms with E-state index in [0.29, 0.717) is 5.39 Å². The zero-order chi connectivity index (χ0) is 20.5. The third kappa shape index (κ3) is 4.05. The second-order valence-corrected chi connectivity index (χ2v) is 7.03. The highest BCUT2D eigenvalue weighted by Crippen LogP contribution is 2.33. The first-order chi connectivity index (χ1) is 13.2. The van der Waals surface area contributed by atoms with E-state index >= 15 is 0 Å². The average molecular weight is 414 g/mol. The van der Waals surface area contributed by atoms with Gasteiger partial charge in [-0.15, -0.1) is 0 Å². The Kier molecular flexibility index (Phi) is 5.76. The van der Waals surface area contributed by atoms with Gasteiger partial charge in [0.05, 0.1) is 12.0 Å². The second-order valence-electron chi connectivity index (χ2n) is 5.81. The largest absolute Gasteiger partial charge is 0.387 e. The van der Waals surface area contributed by atoms with Crippen molar-refractivity contribution < 1.29 is 32.3 Å². The van der Waals surface area contributed by atoms with Gasteiger partial charge in [0.2, 0.25) is 0 Å². The maximum absolute atomic E-state index is 11.0. The number of hydrogen-bond acceptors (Lipinski definition) is 11. The fraction of sp³-hybridized carbons (Fsp3) is 0.500. The first kappa shape index (κ1) is 20.4. The van der Waals surface area contributed by atoms with Gasteiger partial charge in [0.25, 0.3) is 0 Å². The smallest absolute Gasteiger partial charge is 0.333 e. The van der Waals surface area contributed by atoms with Gasteiger partial charge in [-0.1, -0.05) is 5.92 Å². The summed E-state index contributed by atoms with van der Waals surface area (Å²) in [6.45, 7) is -0.444. The summed E-state index contributed by atoms with van der Waals surface area (Å²) in [5.41, 5.74) is 6.33. The lowest BCUT2D eigenvalue weighted by Gasteiger charge is -2.15. The van der Waals surface area contributed by atoms with E-state index in [0.717, 1.165) is 0 Å². The first-order valence-corrected chi connectivity index (χ1v) is 9.35. The molecule has 1 fully saturated rings. The molecule has 0 aliphatic carbocycles. The molecule has 0 bridgehead atoms. The van der Waals surface area contributed by atoms with Crippen LogP contribution < -0.4 is 10.9 Å². The van der Waals surface area contributed by atoms with Crippen molar-refractivity contribution >= 4 is 27.2 Å². The minimum atomic E-state index is -4.25. The number of anilines is 1. The standard InChI is InChI=1S/C14H18N6O7S/c1-25-4-2-3-7-9-12(15)17-6-18-13(9)20(19-7)14-11(22)10(21)8(27-14)5-26-28(16,23)24/h6,8,10-11,14,21-22H,4-5H2,1H3,(H2,15,17,18)(H2,16,23,24)/t8-,10-,11-,14-/m1/s1. The molecular formula is C14H18N6O7S. The van der Waals surface area contributed by atoms with Gasteiger partial charge < -0.3 is 25.4 Å². The van der Waals surface area contributed by atoms with Crippen LogP contribution in [0.25, 0.3) is 11.0 Å². The second kappa shape index (κ2) is 7.93. The van der Waals surface area contributed by atoms with E-state index in [2.05, 4.69) is 31.1 Å². The minimum absolute atomic E-state index is 0.111. The monoisotopic (exact) mass is 414 g/mol. The fourth-order valence-corrected chi connectivity index (χ4v) is 3.01. The van der Waals surface area contributed by atoms with Crippen molar-refractivity contribution in [3.8, 4) is 11.8 Å². The Balaban J connectivity index is 1.97. The van der Waals surface area contributed by atoms with Crippen molar-refractivity contribution in [1.29, 1.82) is 0 Å². The van der Waals surface area contributed by atoms with Gasteiger partial charge in [-0.2, -0.15) is 13.5 Å². The summed E-state index contributed by atoms with van der Waals surface area (Å²) >= 11 is 0. The molecule has 0 spiro atoms. The van der Waals surface area contributed by atoms with Crippen molar-refractivity contribution in [3.63, 3.8) is 0 Å². The van der Waals surface area contributed by atoms with Crippen LogP contribution in [-0.2, 0) is 24.0 Å². The lowest BCUT2D eigenvalue weighted by molar-refractivity contribution is -0.0527. The quantitative estimate of drug-likeness (QED) is 0.370. The number of nitrogens with two attached hydrogens (primary N) is 2. The van der Waals surface area contributed by atoms with Crippen molar-refractivity contribution in [2.75, 3.05) is 26.1 Å². The lowest BCUT2D eigenvalue weighted by atomic mass is 10.1. The summed E-state index contributed by atoms with van der Waals surface area (Å²) in [6, 6.07) is 0. The third-order valence-electron chi connectivity index (χ3n) is 3.92. The van der Waals surface area contributed by atoms with Gasteiger partial charge in [0.15, 0.2) is 11.9 Å². The number of aromatic nitrogens is 4. The van der Waals surface area contributed by atoms with E-state index in [9.17, 15) is 18.6 Å². The normalized spacial score (nSPS) is 25.0. The average Bonchev–Trinajstić information content (AvgIpc) is 3.13. The predicted octanol–water partition coefficient (Wildman–Crippen LogP) is -2.75. The number of fused-ring (bicyclic) bond motifs is 1. The van der Waals surface area contributed by atoms with E-state index in [1.165, 1.54) is 18.1 Å². The number of methoxy groups -OCH3 is 1. The molecule has 3 rings (SSSR count). The molecule has 152 valence electrons. The zero-order valence-electron chi connectivity index (χ0n) is 14.6. The number of aliphatic hydroxyl groups excluding tert-OH is 2. The molecule has 1 aliphatic heterocycles. The van der Waals surface area contributed by atoms with Crippen LogP contribution in [0.3, 0.4) is 0 Å². The molecule has 3 heterocycles. The number of hydrogen-bond donors (Lipinski definition) is 4. The molecule has 1 saturated heterocycles. The highest BCUT2D eigenvalue weighted by molar-refractivity contribution is 7.84. The van der Waals surface area contributed by atoms with Crippen LogP contribution in [0.15, 0.2) is 6.33 Å². The van der Waals surface area contributed by atoms with Crippen LogP contribution >= 0.6 is 0 Å². The molecule has 6 N–H and O–H groups in total. The lowest BCUT2D eigenvalue weighted by Crippen LogP contribution is -2.35. The number of rotatable bonds is 5. The van der Waals surface area contributed by atoms with E-state index in [-0.39, 0.29) is 23.8 Å². The zero-order valence-corrected chi connectivity index (χ0v) is 15.4. The molecular weight excluding hydrogens is 396 g/mol. The Morgan fingerprint density at radius 3 is 2.79 bits per heavy atom.